The van der Waals surface area contributed by atoms with Crippen molar-refractivity contribution in [1.82, 2.24) is 4.98 Å². The number of benzene rings is 1. The summed E-state index contributed by atoms with van der Waals surface area (Å²) in [5.74, 6) is 0.673. The predicted octanol–water partition coefficient (Wildman–Crippen LogP) is 3.11. The maximum atomic E-state index is 11.9. The lowest BCUT2D eigenvalue weighted by Gasteiger charge is -2.10. The van der Waals surface area contributed by atoms with E-state index >= 15 is 0 Å². The van der Waals surface area contributed by atoms with E-state index in [4.69, 9.17) is 4.74 Å². The Morgan fingerprint density at radius 1 is 1.42 bits per heavy atom. The molecule has 0 fully saturated rings. The van der Waals surface area contributed by atoms with Crippen molar-refractivity contribution in [2.24, 2.45) is 0 Å². The van der Waals surface area contributed by atoms with Crippen molar-refractivity contribution in [1.29, 1.82) is 0 Å². The third-order valence-electron chi connectivity index (χ3n) is 2.55. The summed E-state index contributed by atoms with van der Waals surface area (Å²) >= 11 is 1.54. The molecule has 100 valence electrons. The molecule has 0 saturated carbocycles. The van der Waals surface area contributed by atoms with Gasteiger partial charge in [-0.15, -0.1) is 11.3 Å². The molecule has 0 unspecified atom stereocenters. The summed E-state index contributed by atoms with van der Waals surface area (Å²) in [4.78, 5) is 16.0. The van der Waals surface area contributed by atoms with E-state index in [9.17, 15) is 4.79 Å². The van der Waals surface area contributed by atoms with Gasteiger partial charge in [0.05, 0.1) is 23.5 Å². The van der Waals surface area contributed by atoms with Crippen molar-refractivity contribution >= 4 is 22.9 Å². The van der Waals surface area contributed by atoms with Crippen LogP contribution < -0.4 is 10.1 Å². The number of aryl methyl sites for hydroxylation is 1. The van der Waals surface area contributed by atoms with Crippen LogP contribution in [0.2, 0.25) is 0 Å². The molecule has 0 aliphatic heterocycles. The number of hydrogen-bond acceptors (Lipinski definition) is 4. The number of nitrogens with one attached hydrogen (secondary N) is 1. The highest BCUT2D eigenvalue weighted by Gasteiger charge is 2.07. The number of aromatic nitrogens is 1. The number of anilines is 1. The first-order chi connectivity index (χ1) is 9.29. The number of carbonyl (C=O) groups excluding carboxylic acids is 1. The molecule has 0 radical (unpaired) electrons. The van der Waals surface area contributed by atoms with Gasteiger partial charge < -0.3 is 10.1 Å². The Balaban J connectivity index is 1.91. The molecule has 19 heavy (non-hydrogen) atoms. The smallest absolute Gasteiger partial charge is 0.224 e. The van der Waals surface area contributed by atoms with Crippen molar-refractivity contribution in [2.75, 3.05) is 11.9 Å². The summed E-state index contributed by atoms with van der Waals surface area (Å²) in [6, 6.07) is 7.44. The molecule has 1 aromatic heterocycles. The molecule has 0 atom stereocenters. The average molecular weight is 276 g/mol. The van der Waals surface area contributed by atoms with E-state index in [0.29, 0.717) is 30.9 Å². The quantitative estimate of drug-likeness (QED) is 0.882. The van der Waals surface area contributed by atoms with Crippen LogP contribution in [0.5, 0.6) is 5.75 Å². The van der Waals surface area contributed by atoms with Crippen molar-refractivity contribution < 1.29 is 9.53 Å². The molecule has 0 bridgehead atoms. The zero-order chi connectivity index (χ0) is 13.5. The van der Waals surface area contributed by atoms with Crippen molar-refractivity contribution in [2.45, 2.75) is 19.8 Å². The van der Waals surface area contributed by atoms with Gasteiger partial charge in [-0.25, -0.2) is 4.98 Å². The average Bonchev–Trinajstić information content (AvgIpc) is 2.92. The normalized spacial score (nSPS) is 10.2. The first kappa shape index (κ1) is 13.5. The lowest BCUT2D eigenvalue weighted by Crippen LogP contribution is -2.13. The molecule has 0 aliphatic rings. The SMILES string of the molecule is CCOc1ccccc1NC(=O)CCc1cscn1. The number of para-hydroxylation sites is 2. The Hall–Kier alpha value is -1.88. The molecule has 2 aromatic rings. The second-order valence-electron chi connectivity index (χ2n) is 3.96. The van der Waals surface area contributed by atoms with Crippen LogP contribution in [0.4, 0.5) is 5.69 Å². The fourth-order valence-corrected chi connectivity index (χ4v) is 2.26. The molecule has 0 saturated heterocycles. The Bertz CT molecular complexity index is 526. The zero-order valence-electron chi connectivity index (χ0n) is 10.8. The summed E-state index contributed by atoms with van der Waals surface area (Å²) in [6.45, 7) is 2.49. The van der Waals surface area contributed by atoms with Gasteiger partial charge in [0.15, 0.2) is 0 Å². The molecule has 1 amide bonds. The number of carbonyl (C=O) groups is 1. The van der Waals surface area contributed by atoms with Gasteiger partial charge in [0.2, 0.25) is 5.91 Å². The highest BCUT2D eigenvalue weighted by molar-refractivity contribution is 7.07. The third-order valence-corrected chi connectivity index (χ3v) is 3.19. The summed E-state index contributed by atoms with van der Waals surface area (Å²) < 4.78 is 5.46. The topological polar surface area (TPSA) is 51.2 Å². The second-order valence-corrected chi connectivity index (χ2v) is 4.68. The van der Waals surface area contributed by atoms with E-state index < -0.39 is 0 Å². The number of thiazole rings is 1. The predicted molar refractivity (Wildman–Crippen MR) is 76.7 cm³/mol. The second kappa shape index (κ2) is 6.89. The zero-order valence-corrected chi connectivity index (χ0v) is 11.6. The van der Waals surface area contributed by atoms with Gasteiger partial charge in [-0.05, 0) is 25.5 Å². The third kappa shape index (κ3) is 4.06. The molecule has 2 rings (SSSR count). The molecule has 0 aliphatic carbocycles. The van der Waals surface area contributed by atoms with Crippen LogP contribution in [0, 0.1) is 0 Å². The van der Waals surface area contributed by atoms with Gasteiger partial charge >= 0.3 is 0 Å². The standard InChI is InChI=1S/C14H16N2O2S/c1-2-18-13-6-4-3-5-12(13)16-14(17)8-7-11-9-19-10-15-11/h3-6,9-10H,2,7-8H2,1H3,(H,16,17). The highest BCUT2D eigenvalue weighted by atomic mass is 32.1. The largest absolute Gasteiger partial charge is 0.492 e. The summed E-state index contributed by atoms with van der Waals surface area (Å²) in [5.41, 5.74) is 3.45. The lowest BCUT2D eigenvalue weighted by atomic mass is 10.2. The van der Waals surface area contributed by atoms with E-state index in [-0.39, 0.29) is 5.91 Å². The lowest BCUT2D eigenvalue weighted by molar-refractivity contribution is -0.116. The molecular weight excluding hydrogens is 260 g/mol. The first-order valence-electron chi connectivity index (χ1n) is 6.18. The number of nitrogens with zero attached hydrogens (tertiary/aromatic N) is 1. The summed E-state index contributed by atoms with van der Waals surface area (Å²) in [6.07, 6.45) is 1.08. The molecule has 0 spiro atoms. The van der Waals surface area contributed by atoms with Crippen LogP contribution in [-0.2, 0) is 11.2 Å². The molecular formula is C14H16N2O2S. The molecule has 5 heteroatoms. The monoisotopic (exact) mass is 276 g/mol. The molecule has 1 heterocycles. The minimum absolute atomic E-state index is 0.0276. The number of hydrogen-bond donors (Lipinski definition) is 1. The van der Waals surface area contributed by atoms with E-state index in [1.807, 2.05) is 36.6 Å². The van der Waals surface area contributed by atoms with Crippen molar-refractivity contribution in [3.05, 3.63) is 40.8 Å². The number of rotatable bonds is 6. The minimum atomic E-state index is -0.0276. The Labute approximate surface area is 116 Å². The van der Waals surface area contributed by atoms with Gasteiger partial charge in [0.1, 0.15) is 5.75 Å². The van der Waals surface area contributed by atoms with E-state index in [1.54, 1.807) is 16.8 Å². The van der Waals surface area contributed by atoms with Gasteiger partial charge in [-0.1, -0.05) is 12.1 Å². The van der Waals surface area contributed by atoms with Crippen LogP contribution >= 0.6 is 11.3 Å². The van der Waals surface area contributed by atoms with Gasteiger partial charge in [-0.2, -0.15) is 0 Å². The van der Waals surface area contributed by atoms with Gasteiger partial charge in [-0.3, -0.25) is 4.79 Å². The van der Waals surface area contributed by atoms with Crippen LogP contribution in [0.25, 0.3) is 0 Å². The highest BCUT2D eigenvalue weighted by Crippen LogP contribution is 2.23. The fraction of sp³-hybridized carbons (Fsp3) is 0.286. The Morgan fingerprint density at radius 2 is 2.26 bits per heavy atom. The maximum Gasteiger partial charge on any atom is 0.224 e. The number of amides is 1. The van der Waals surface area contributed by atoms with Crippen LogP contribution in [0.3, 0.4) is 0 Å². The Kier molecular flexibility index (Phi) is 4.92. The summed E-state index contributed by atoms with van der Waals surface area (Å²) in [5, 5.41) is 4.83. The first-order valence-corrected chi connectivity index (χ1v) is 7.12. The Morgan fingerprint density at radius 3 is 3.00 bits per heavy atom. The van der Waals surface area contributed by atoms with Gasteiger partial charge in [0.25, 0.3) is 0 Å². The maximum absolute atomic E-state index is 11.9. The van der Waals surface area contributed by atoms with Crippen LogP contribution in [-0.4, -0.2) is 17.5 Å². The van der Waals surface area contributed by atoms with Gasteiger partial charge in [0, 0.05) is 11.8 Å². The molecule has 4 nitrogen and oxygen atoms in total. The molecule has 1 N–H and O–H groups in total. The van der Waals surface area contributed by atoms with Crippen LogP contribution in [0.1, 0.15) is 19.0 Å². The molecule has 1 aromatic carbocycles. The van der Waals surface area contributed by atoms with Crippen molar-refractivity contribution in [3.63, 3.8) is 0 Å². The van der Waals surface area contributed by atoms with E-state index in [1.165, 1.54) is 0 Å². The van der Waals surface area contributed by atoms with Crippen LogP contribution in [0.15, 0.2) is 35.2 Å². The fourth-order valence-electron chi connectivity index (χ4n) is 1.67. The summed E-state index contributed by atoms with van der Waals surface area (Å²) in [7, 11) is 0. The van der Waals surface area contributed by atoms with E-state index in [2.05, 4.69) is 10.3 Å². The van der Waals surface area contributed by atoms with E-state index in [0.717, 1.165) is 5.69 Å². The number of ether oxygens (including phenoxy) is 1. The van der Waals surface area contributed by atoms with Crippen molar-refractivity contribution in [3.8, 4) is 5.75 Å². The minimum Gasteiger partial charge on any atom is -0.492 e.